The second kappa shape index (κ2) is 10.6. The molecule has 1 atom stereocenters. The number of hydrogen-bond acceptors (Lipinski definition) is 5. The van der Waals surface area contributed by atoms with E-state index in [4.69, 9.17) is 21.4 Å². The van der Waals surface area contributed by atoms with Crippen molar-refractivity contribution in [3.8, 4) is 5.75 Å². The molecule has 0 amide bonds. The number of hydrogen-bond donors (Lipinski definition) is 2. The lowest BCUT2D eigenvalue weighted by atomic mass is 10.2. The molecule has 0 aliphatic heterocycles. The van der Waals surface area contributed by atoms with Crippen LogP contribution in [0.15, 0.2) is 57.0 Å². The van der Waals surface area contributed by atoms with E-state index < -0.39 is 23.4 Å². The fraction of sp³-hybridized carbons (Fsp3) is 0.333. The molecule has 0 spiro atoms. The summed E-state index contributed by atoms with van der Waals surface area (Å²) in [7, 11) is 0. The van der Waals surface area contributed by atoms with Crippen LogP contribution in [0.2, 0.25) is 5.02 Å². The van der Waals surface area contributed by atoms with Crippen LogP contribution in [0, 0.1) is 6.92 Å². The van der Waals surface area contributed by atoms with Crippen LogP contribution in [0.4, 0.5) is 5.69 Å². The molecule has 0 bridgehead atoms. The molecule has 0 aliphatic carbocycles. The minimum Gasteiger partial charge on any atom is -0.491 e. The summed E-state index contributed by atoms with van der Waals surface area (Å²) in [6.45, 7) is 7.35. The minimum absolute atomic E-state index is 0.0137. The molecule has 0 radical (unpaired) electrons. The van der Waals surface area contributed by atoms with Crippen LogP contribution in [0.25, 0.3) is 0 Å². The van der Waals surface area contributed by atoms with E-state index in [1.807, 2.05) is 20.8 Å². The quantitative estimate of drug-likeness (QED) is 0.505. The Morgan fingerprint density at radius 1 is 1.15 bits per heavy atom. The van der Waals surface area contributed by atoms with Gasteiger partial charge in [0.2, 0.25) is 5.62 Å². The van der Waals surface area contributed by atoms with Crippen LogP contribution >= 0.6 is 11.6 Å². The molecule has 10 heteroatoms. The van der Waals surface area contributed by atoms with Gasteiger partial charge in [-0.15, -0.1) is 0 Å². The van der Waals surface area contributed by atoms with Crippen LogP contribution in [-0.2, 0) is 11.3 Å². The van der Waals surface area contributed by atoms with Crippen molar-refractivity contribution >= 4 is 23.3 Å². The maximum absolute atomic E-state index is 13.3. The SMILES string of the molecule is Cc1cc(/N=c2\[nH]c(=O)n([C@@H](C)CC(=O)O)c(=O)n2Cc2ccc(Cl)cc2)ccc1OC(C)C. The van der Waals surface area contributed by atoms with Crippen molar-refractivity contribution in [2.45, 2.75) is 52.8 Å². The molecule has 0 fully saturated rings. The van der Waals surface area contributed by atoms with Gasteiger partial charge in [-0.25, -0.2) is 19.1 Å². The number of carboxylic acids is 1. The third kappa shape index (κ3) is 6.05. The summed E-state index contributed by atoms with van der Waals surface area (Å²) >= 11 is 5.97. The molecular weight excluding hydrogens is 460 g/mol. The molecule has 0 saturated carbocycles. The first-order valence-corrected chi connectivity index (χ1v) is 11.2. The summed E-state index contributed by atoms with van der Waals surface area (Å²) in [5.74, 6) is -0.398. The fourth-order valence-electron chi connectivity index (χ4n) is 3.48. The zero-order chi connectivity index (χ0) is 25.0. The number of aliphatic carboxylic acids is 1. The highest BCUT2D eigenvalue weighted by Crippen LogP contribution is 2.24. The number of rotatable bonds is 8. The van der Waals surface area contributed by atoms with Crippen molar-refractivity contribution in [3.05, 3.63) is 85.2 Å². The molecule has 0 unspecified atom stereocenters. The topological polar surface area (TPSA) is 119 Å². The third-order valence-corrected chi connectivity index (χ3v) is 5.30. The van der Waals surface area contributed by atoms with E-state index in [-0.39, 0.29) is 24.7 Å². The Hall–Kier alpha value is -3.59. The van der Waals surface area contributed by atoms with Gasteiger partial charge in [0, 0.05) is 5.02 Å². The average Bonchev–Trinajstić information content (AvgIpc) is 2.73. The van der Waals surface area contributed by atoms with E-state index in [0.29, 0.717) is 10.7 Å². The molecular formula is C24H27ClN4O5. The van der Waals surface area contributed by atoms with Gasteiger partial charge in [0.1, 0.15) is 5.75 Å². The predicted octanol–water partition coefficient (Wildman–Crippen LogP) is 3.40. The average molecular weight is 487 g/mol. The smallest absolute Gasteiger partial charge is 0.335 e. The van der Waals surface area contributed by atoms with Gasteiger partial charge < -0.3 is 9.84 Å². The summed E-state index contributed by atoms with van der Waals surface area (Å²) in [6, 6.07) is 11.4. The lowest BCUT2D eigenvalue weighted by molar-refractivity contribution is -0.137. The summed E-state index contributed by atoms with van der Waals surface area (Å²) < 4.78 is 7.96. The van der Waals surface area contributed by atoms with E-state index in [2.05, 4.69) is 9.98 Å². The molecule has 34 heavy (non-hydrogen) atoms. The van der Waals surface area contributed by atoms with Gasteiger partial charge in [0.05, 0.1) is 30.8 Å². The van der Waals surface area contributed by atoms with Crippen LogP contribution in [0.1, 0.15) is 44.4 Å². The number of H-pyrrole nitrogens is 1. The highest BCUT2D eigenvalue weighted by atomic mass is 35.5. The number of carboxylic acid groups (broad SMARTS) is 1. The van der Waals surface area contributed by atoms with Crippen molar-refractivity contribution < 1.29 is 14.6 Å². The molecule has 3 rings (SSSR count). The number of benzene rings is 2. The second-order valence-electron chi connectivity index (χ2n) is 8.29. The van der Waals surface area contributed by atoms with Gasteiger partial charge in [0.25, 0.3) is 0 Å². The third-order valence-electron chi connectivity index (χ3n) is 5.05. The van der Waals surface area contributed by atoms with Crippen LogP contribution in [0.5, 0.6) is 5.75 Å². The Labute approximate surface area is 200 Å². The molecule has 9 nitrogen and oxygen atoms in total. The molecule has 0 aliphatic rings. The first-order chi connectivity index (χ1) is 16.0. The Kier molecular flexibility index (Phi) is 7.78. The first kappa shape index (κ1) is 25.0. The Bertz CT molecular complexity index is 1370. The van der Waals surface area contributed by atoms with Crippen molar-refractivity contribution in [2.24, 2.45) is 4.99 Å². The van der Waals surface area contributed by atoms with Crippen LogP contribution in [0.3, 0.4) is 0 Å². The van der Waals surface area contributed by atoms with Gasteiger partial charge >= 0.3 is 17.3 Å². The number of nitrogens with one attached hydrogen (secondary N) is 1. The zero-order valence-electron chi connectivity index (χ0n) is 19.4. The Morgan fingerprint density at radius 3 is 2.41 bits per heavy atom. The lowest BCUT2D eigenvalue weighted by Gasteiger charge is -2.15. The number of aryl methyl sites for hydroxylation is 1. The van der Waals surface area contributed by atoms with Crippen LogP contribution < -0.4 is 21.7 Å². The standard InChI is InChI=1S/C24H27ClN4O5/c1-14(2)34-20-10-9-19(11-15(20)3)26-22-27-23(32)29(16(4)12-21(30)31)24(33)28(22)13-17-5-7-18(25)8-6-17/h5-11,14,16H,12-13H2,1-4H3,(H,30,31)(H,26,27,32)/t16-/m0/s1. The fourth-order valence-corrected chi connectivity index (χ4v) is 3.60. The Morgan fingerprint density at radius 2 is 1.82 bits per heavy atom. The minimum atomic E-state index is -1.11. The molecule has 0 saturated heterocycles. The van der Waals surface area contributed by atoms with Gasteiger partial charge in [0.15, 0.2) is 0 Å². The second-order valence-corrected chi connectivity index (χ2v) is 8.73. The highest BCUT2D eigenvalue weighted by molar-refractivity contribution is 6.30. The predicted molar refractivity (Wildman–Crippen MR) is 129 cm³/mol. The van der Waals surface area contributed by atoms with Gasteiger partial charge in [-0.1, -0.05) is 23.7 Å². The number of nitrogens with zero attached hydrogens (tertiary/aromatic N) is 3. The van der Waals surface area contributed by atoms with Crippen molar-refractivity contribution in [3.63, 3.8) is 0 Å². The normalized spacial score (nSPS) is 12.7. The zero-order valence-corrected chi connectivity index (χ0v) is 20.2. The maximum Gasteiger partial charge on any atom is 0.335 e. The molecule has 2 N–H and O–H groups in total. The highest BCUT2D eigenvalue weighted by Gasteiger charge is 2.17. The largest absolute Gasteiger partial charge is 0.491 e. The number of halogens is 1. The van der Waals surface area contributed by atoms with E-state index in [1.54, 1.807) is 42.5 Å². The molecule has 3 aromatic rings. The van der Waals surface area contributed by atoms with E-state index >= 15 is 0 Å². The number of aromatic nitrogens is 3. The first-order valence-electron chi connectivity index (χ1n) is 10.8. The number of carbonyl (C=O) groups is 1. The number of aromatic amines is 1. The summed E-state index contributed by atoms with van der Waals surface area (Å²) in [6.07, 6.45) is -0.364. The van der Waals surface area contributed by atoms with Gasteiger partial charge in [-0.2, -0.15) is 0 Å². The van der Waals surface area contributed by atoms with E-state index in [1.165, 1.54) is 11.5 Å². The Balaban J connectivity index is 2.18. The molecule has 180 valence electrons. The van der Waals surface area contributed by atoms with Crippen molar-refractivity contribution in [2.75, 3.05) is 0 Å². The maximum atomic E-state index is 13.3. The van der Waals surface area contributed by atoms with Gasteiger partial charge in [-0.05, 0) is 69.2 Å². The molecule has 2 aromatic carbocycles. The summed E-state index contributed by atoms with van der Waals surface area (Å²) in [4.78, 5) is 44.4. The molecule has 1 heterocycles. The number of ether oxygens (including phenoxy) is 1. The van der Waals surface area contributed by atoms with E-state index in [9.17, 15) is 14.4 Å². The van der Waals surface area contributed by atoms with Crippen molar-refractivity contribution in [1.82, 2.24) is 14.1 Å². The summed E-state index contributed by atoms with van der Waals surface area (Å²) in [5, 5.41) is 9.68. The van der Waals surface area contributed by atoms with E-state index in [0.717, 1.165) is 21.4 Å². The molecule has 1 aromatic heterocycles. The van der Waals surface area contributed by atoms with Crippen LogP contribution in [-0.4, -0.2) is 31.3 Å². The summed E-state index contributed by atoms with van der Waals surface area (Å²) in [5.41, 5.74) is 0.767. The monoisotopic (exact) mass is 486 g/mol. The van der Waals surface area contributed by atoms with Crippen molar-refractivity contribution in [1.29, 1.82) is 0 Å². The van der Waals surface area contributed by atoms with Gasteiger partial charge in [-0.3, -0.25) is 14.3 Å². The lowest BCUT2D eigenvalue weighted by Crippen LogP contribution is -2.51.